The Labute approximate surface area is 317 Å². The summed E-state index contributed by atoms with van der Waals surface area (Å²) in [6, 6.07) is 5.64. The van der Waals surface area contributed by atoms with E-state index in [0.29, 0.717) is 0 Å². The van der Waals surface area contributed by atoms with Gasteiger partial charge in [0.2, 0.25) is 0 Å². The number of halogens is 12. The zero-order valence-corrected chi connectivity index (χ0v) is 31.8. The summed E-state index contributed by atoms with van der Waals surface area (Å²) in [4.78, 5) is 0. The Kier molecular flexibility index (Phi) is 14.6. The summed E-state index contributed by atoms with van der Waals surface area (Å²) < 4.78 is 263. The van der Waals surface area contributed by atoms with Crippen molar-refractivity contribution in [3.05, 3.63) is 47.5 Å². The van der Waals surface area contributed by atoms with E-state index in [1.54, 1.807) is 0 Å². The molecular formula is C29H30F12O12S4. The van der Waals surface area contributed by atoms with Crippen molar-refractivity contribution >= 4 is 40.5 Å². The molecule has 326 valence electrons. The van der Waals surface area contributed by atoms with Crippen molar-refractivity contribution in [1.29, 1.82) is 0 Å². The van der Waals surface area contributed by atoms with Crippen LogP contribution in [0.2, 0.25) is 0 Å². The molecule has 0 spiro atoms. The number of unbranched alkanes of at least 4 members (excludes halogenated alkanes) is 6. The van der Waals surface area contributed by atoms with Gasteiger partial charge in [0.25, 0.3) is 0 Å². The van der Waals surface area contributed by atoms with E-state index in [-0.39, 0.29) is 86.5 Å². The quantitative estimate of drug-likeness (QED) is 0.0542. The predicted molar refractivity (Wildman–Crippen MR) is 172 cm³/mol. The van der Waals surface area contributed by atoms with Crippen molar-refractivity contribution in [3.8, 4) is 22.6 Å². The van der Waals surface area contributed by atoms with Crippen LogP contribution in [0.15, 0.2) is 36.4 Å². The fourth-order valence-corrected chi connectivity index (χ4v) is 7.65. The van der Waals surface area contributed by atoms with Crippen molar-refractivity contribution in [2.24, 2.45) is 0 Å². The molecule has 0 bridgehead atoms. The molecule has 0 aromatic heterocycles. The fraction of sp³-hybridized carbons (Fsp3) is 0.586. The Morgan fingerprint density at radius 1 is 0.421 bits per heavy atom. The molecule has 57 heavy (non-hydrogen) atoms. The predicted octanol–water partition coefficient (Wildman–Crippen LogP) is 8.04. The summed E-state index contributed by atoms with van der Waals surface area (Å²) in [6.07, 6.45) is -0.594. The van der Waals surface area contributed by atoms with E-state index in [1.807, 2.05) is 0 Å². The topological polar surface area (TPSA) is 173 Å². The molecule has 0 aliphatic heterocycles. The van der Waals surface area contributed by atoms with Crippen LogP contribution in [0.3, 0.4) is 0 Å². The van der Waals surface area contributed by atoms with Crippen molar-refractivity contribution < 1.29 is 103 Å². The van der Waals surface area contributed by atoms with Gasteiger partial charge in [0.15, 0.2) is 0 Å². The molecule has 0 fully saturated rings. The maximum atomic E-state index is 13.2. The molecule has 0 N–H and O–H groups in total. The number of hydrogen-bond donors (Lipinski definition) is 0. The molecule has 0 unspecified atom stereocenters. The van der Waals surface area contributed by atoms with Gasteiger partial charge in [-0.05, 0) is 72.2 Å². The first kappa shape index (κ1) is 48.3. The van der Waals surface area contributed by atoms with Gasteiger partial charge < -0.3 is 8.37 Å². The molecule has 1 aliphatic rings. The lowest BCUT2D eigenvalue weighted by Gasteiger charge is -2.33. The molecule has 0 saturated carbocycles. The average molecular weight is 927 g/mol. The first-order chi connectivity index (χ1) is 25.8. The molecule has 28 heteroatoms. The largest absolute Gasteiger partial charge is 0.534 e. The highest BCUT2D eigenvalue weighted by Crippen LogP contribution is 2.56. The second-order valence-electron chi connectivity index (χ2n) is 12.2. The normalized spacial score (nSPS) is 15.3. The van der Waals surface area contributed by atoms with E-state index in [4.69, 9.17) is 0 Å². The van der Waals surface area contributed by atoms with Crippen molar-refractivity contribution in [1.82, 2.24) is 0 Å². The first-order valence-electron chi connectivity index (χ1n) is 16.0. The van der Waals surface area contributed by atoms with Crippen LogP contribution < -0.4 is 8.37 Å². The standard InChI is InChI=1S/C29H30F12O12S4/c30-26(31,32)54(42,43)50-15-7-3-1-5-13-25(14-6-2-4-8-16-51-55(44,45)27(33,34)35)23-17-19(52-56(46,47)28(36,37)38)9-11-21(23)22-12-10-20(18-24(22)25)53-57(48,49)29(39,40)41/h9-12,17-18H,1-8,13-16H2. The number of rotatable bonds is 20. The monoisotopic (exact) mass is 926 g/mol. The molecular weight excluding hydrogens is 897 g/mol. The summed E-state index contributed by atoms with van der Waals surface area (Å²) in [5.74, 6) is -1.77. The third-order valence-corrected chi connectivity index (χ3v) is 12.4. The zero-order valence-electron chi connectivity index (χ0n) is 28.5. The number of fused-ring (bicyclic) bond motifs is 3. The van der Waals surface area contributed by atoms with Gasteiger partial charge in [-0.2, -0.15) is 86.4 Å². The minimum Gasteiger partial charge on any atom is -0.376 e. The SMILES string of the molecule is O=S(=O)(OCCCCCCC1(CCCCCCOS(=O)(=O)C(F)(F)F)c2cc(OS(=O)(=O)C(F)(F)F)ccc2-c2ccc(OS(=O)(=O)C(F)(F)F)cc21)C(F)(F)F. The van der Waals surface area contributed by atoms with E-state index < -0.39 is 92.6 Å². The van der Waals surface area contributed by atoms with Crippen LogP contribution in [-0.2, 0) is 54.3 Å². The molecule has 1 aliphatic carbocycles. The summed E-state index contributed by atoms with van der Waals surface area (Å²) in [6.45, 7) is -1.79. The second kappa shape index (κ2) is 17.3. The Hall–Kier alpha value is -3.08. The molecule has 3 rings (SSSR count). The van der Waals surface area contributed by atoms with Gasteiger partial charge in [-0.25, -0.2) is 0 Å². The molecule has 0 heterocycles. The molecule has 0 radical (unpaired) electrons. The number of hydrogen-bond acceptors (Lipinski definition) is 12. The fourth-order valence-electron chi connectivity index (χ4n) is 5.80. The summed E-state index contributed by atoms with van der Waals surface area (Å²) in [5.41, 5.74) is -24.4. The van der Waals surface area contributed by atoms with Gasteiger partial charge in [-0.3, -0.25) is 8.37 Å². The third kappa shape index (κ3) is 11.6. The van der Waals surface area contributed by atoms with E-state index in [2.05, 4.69) is 16.7 Å². The lowest BCUT2D eigenvalue weighted by molar-refractivity contribution is -0.0547. The molecule has 0 atom stereocenters. The molecule has 2 aromatic rings. The summed E-state index contributed by atoms with van der Waals surface area (Å²) in [5, 5.41) is 0. The number of benzene rings is 2. The summed E-state index contributed by atoms with van der Waals surface area (Å²) in [7, 11) is -24.3. The van der Waals surface area contributed by atoms with Crippen LogP contribution in [0, 0.1) is 0 Å². The van der Waals surface area contributed by atoms with Crippen molar-refractivity contribution in [2.45, 2.75) is 91.7 Å². The Morgan fingerprint density at radius 3 is 1.02 bits per heavy atom. The van der Waals surface area contributed by atoms with E-state index in [0.717, 1.165) is 36.4 Å². The highest BCUT2D eigenvalue weighted by molar-refractivity contribution is 7.88. The minimum atomic E-state index is -6.26. The highest BCUT2D eigenvalue weighted by Gasteiger charge is 2.51. The van der Waals surface area contributed by atoms with Gasteiger partial charge >= 0.3 is 62.5 Å². The van der Waals surface area contributed by atoms with Crippen LogP contribution >= 0.6 is 0 Å². The van der Waals surface area contributed by atoms with Crippen LogP contribution in [0.5, 0.6) is 11.5 Å². The van der Waals surface area contributed by atoms with Crippen LogP contribution in [0.1, 0.15) is 75.3 Å². The molecule has 2 aromatic carbocycles. The maximum Gasteiger partial charge on any atom is 0.534 e. The minimum absolute atomic E-state index is 0.00393. The second-order valence-corrected chi connectivity index (χ2v) is 18.5. The smallest absolute Gasteiger partial charge is 0.376 e. The Balaban J connectivity index is 2.01. The third-order valence-electron chi connectivity index (χ3n) is 8.32. The van der Waals surface area contributed by atoms with Crippen molar-refractivity contribution in [2.75, 3.05) is 13.2 Å². The maximum absolute atomic E-state index is 13.2. The van der Waals surface area contributed by atoms with Crippen LogP contribution in [-0.4, -0.2) is 68.9 Å². The van der Waals surface area contributed by atoms with E-state index in [9.17, 15) is 86.4 Å². The lowest BCUT2D eigenvalue weighted by atomic mass is 9.70. The van der Waals surface area contributed by atoms with Crippen molar-refractivity contribution in [3.63, 3.8) is 0 Å². The average Bonchev–Trinajstić information content (AvgIpc) is 3.29. The van der Waals surface area contributed by atoms with Crippen LogP contribution in [0.4, 0.5) is 52.7 Å². The summed E-state index contributed by atoms with van der Waals surface area (Å²) >= 11 is 0. The van der Waals surface area contributed by atoms with Gasteiger partial charge in [0, 0.05) is 5.41 Å². The van der Waals surface area contributed by atoms with Crippen LogP contribution in [0.25, 0.3) is 11.1 Å². The molecule has 12 nitrogen and oxygen atoms in total. The van der Waals surface area contributed by atoms with Gasteiger partial charge in [0.05, 0.1) is 13.2 Å². The molecule has 0 saturated heterocycles. The number of alkyl halides is 12. The van der Waals surface area contributed by atoms with E-state index >= 15 is 0 Å². The first-order valence-corrected chi connectivity index (χ1v) is 21.6. The zero-order chi connectivity index (χ0) is 43.5. The molecule has 0 amide bonds. The van der Waals surface area contributed by atoms with Gasteiger partial charge in [-0.1, -0.05) is 50.7 Å². The Morgan fingerprint density at radius 2 is 0.719 bits per heavy atom. The Bertz CT molecular complexity index is 2030. The highest BCUT2D eigenvalue weighted by atomic mass is 32.2. The van der Waals surface area contributed by atoms with Gasteiger partial charge in [0.1, 0.15) is 11.5 Å². The lowest BCUT2D eigenvalue weighted by Crippen LogP contribution is -2.29. The van der Waals surface area contributed by atoms with Gasteiger partial charge in [-0.15, -0.1) is 0 Å². The van der Waals surface area contributed by atoms with E-state index in [1.165, 1.54) is 0 Å².